The lowest BCUT2D eigenvalue weighted by atomic mass is 9.95. The van der Waals surface area contributed by atoms with Crippen molar-refractivity contribution in [2.75, 3.05) is 26.8 Å². The molecule has 0 bridgehead atoms. The summed E-state index contributed by atoms with van der Waals surface area (Å²) >= 11 is 0. The Morgan fingerprint density at radius 2 is 1.90 bits per heavy atom. The van der Waals surface area contributed by atoms with Crippen LogP contribution in [0.5, 0.6) is 11.5 Å². The first-order valence-corrected chi connectivity index (χ1v) is 10.7. The molecule has 3 heterocycles. The molecule has 0 saturated carbocycles. The first kappa shape index (κ1) is 21.2. The van der Waals surface area contributed by atoms with Crippen LogP contribution >= 0.6 is 0 Å². The van der Waals surface area contributed by atoms with Crippen molar-refractivity contribution in [3.63, 3.8) is 0 Å². The van der Waals surface area contributed by atoms with Crippen molar-refractivity contribution in [1.82, 2.24) is 25.0 Å². The second-order valence-corrected chi connectivity index (χ2v) is 7.91. The normalized spacial score (nSPS) is 15.2. The standard InChI is InChI=1S/C23H29N5O3/c1-5-30-21-11-18(15(2)10-20(21)29-4)14-28-8-6-17(7-9-28)22-26-23(31-27-22)19-13-24-16(3)12-25-19/h10-13,17H,5-9,14H2,1-4H3. The third kappa shape index (κ3) is 4.85. The number of methoxy groups -OCH3 is 1. The number of ether oxygens (including phenoxy) is 2. The summed E-state index contributed by atoms with van der Waals surface area (Å²) in [4.78, 5) is 15.6. The van der Waals surface area contributed by atoms with Gasteiger partial charge in [0.15, 0.2) is 17.3 Å². The molecule has 1 fully saturated rings. The molecule has 164 valence electrons. The molecular formula is C23H29N5O3. The smallest absolute Gasteiger partial charge is 0.278 e. The number of aryl methyl sites for hydroxylation is 2. The number of hydrogen-bond acceptors (Lipinski definition) is 8. The molecule has 8 nitrogen and oxygen atoms in total. The molecule has 31 heavy (non-hydrogen) atoms. The molecule has 1 aromatic carbocycles. The molecular weight excluding hydrogens is 394 g/mol. The van der Waals surface area contributed by atoms with Crippen molar-refractivity contribution in [2.24, 2.45) is 0 Å². The fraction of sp³-hybridized carbons (Fsp3) is 0.478. The van der Waals surface area contributed by atoms with Gasteiger partial charge < -0.3 is 14.0 Å². The second kappa shape index (κ2) is 9.43. The highest BCUT2D eigenvalue weighted by Crippen LogP contribution is 2.33. The summed E-state index contributed by atoms with van der Waals surface area (Å²) in [7, 11) is 1.68. The zero-order valence-electron chi connectivity index (χ0n) is 18.6. The van der Waals surface area contributed by atoms with E-state index < -0.39 is 0 Å². The molecule has 0 N–H and O–H groups in total. The zero-order chi connectivity index (χ0) is 21.8. The highest BCUT2D eigenvalue weighted by atomic mass is 16.5. The van der Waals surface area contributed by atoms with E-state index in [1.165, 1.54) is 11.1 Å². The molecule has 3 aromatic rings. The number of likely N-dealkylation sites (tertiary alicyclic amines) is 1. The fourth-order valence-corrected chi connectivity index (χ4v) is 3.90. The van der Waals surface area contributed by atoms with Gasteiger partial charge in [-0.15, -0.1) is 0 Å². The molecule has 0 atom stereocenters. The van der Waals surface area contributed by atoms with Gasteiger partial charge in [0.25, 0.3) is 5.89 Å². The van der Waals surface area contributed by atoms with Crippen LogP contribution in [-0.4, -0.2) is 51.8 Å². The lowest BCUT2D eigenvalue weighted by Gasteiger charge is -2.31. The first-order valence-electron chi connectivity index (χ1n) is 10.7. The van der Waals surface area contributed by atoms with Crippen molar-refractivity contribution in [3.05, 3.63) is 47.2 Å². The molecule has 1 aliphatic rings. The van der Waals surface area contributed by atoms with Gasteiger partial charge in [-0.1, -0.05) is 5.16 Å². The van der Waals surface area contributed by atoms with Crippen molar-refractivity contribution in [2.45, 2.75) is 46.1 Å². The Balaban J connectivity index is 1.38. The van der Waals surface area contributed by atoms with Gasteiger partial charge in [-0.3, -0.25) is 9.88 Å². The molecule has 1 saturated heterocycles. The van der Waals surface area contributed by atoms with E-state index in [2.05, 4.69) is 44.1 Å². The number of rotatable bonds is 7. The number of hydrogen-bond donors (Lipinski definition) is 0. The molecule has 0 unspecified atom stereocenters. The molecule has 2 aromatic heterocycles. The molecule has 0 amide bonds. The summed E-state index contributed by atoms with van der Waals surface area (Å²) in [5.41, 5.74) is 3.95. The average Bonchev–Trinajstić information content (AvgIpc) is 3.27. The van der Waals surface area contributed by atoms with Crippen LogP contribution in [0, 0.1) is 13.8 Å². The molecule has 0 aliphatic carbocycles. The first-order chi connectivity index (χ1) is 15.1. The summed E-state index contributed by atoms with van der Waals surface area (Å²) in [6.07, 6.45) is 5.36. The van der Waals surface area contributed by atoms with E-state index in [1.807, 2.05) is 13.8 Å². The number of piperidine rings is 1. The summed E-state index contributed by atoms with van der Waals surface area (Å²) in [5.74, 6) is 3.08. The van der Waals surface area contributed by atoms with Crippen LogP contribution < -0.4 is 9.47 Å². The van der Waals surface area contributed by atoms with E-state index in [9.17, 15) is 0 Å². The van der Waals surface area contributed by atoms with Gasteiger partial charge in [-0.05, 0) is 70.0 Å². The topological polar surface area (TPSA) is 86.4 Å². The van der Waals surface area contributed by atoms with Gasteiger partial charge in [-0.2, -0.15) is 4.98 Å². The van der Waals surface area contributed by atoms with Gasteiger partial charge in [0.1, 0.15) is 5.69 Å². The number of benzene rings is 1. The van der Waals surface area contributed by atoms with Crippen LogP contribution in [0.2, 0.25) is 0 Å². The Labute approximate surface area is 182 Å². The van der Waals surface area contributed by atoms with E-state index >= 15 is 0 Å². The number of nitrogens with zero attached hydrogens (tertiary/aromatic N) is 5. The average molecular weight is 424 g/mol. The molecule has 4 rings (SSSR count). The number of aromatic nitrogens is 4. The van der Waals surface area contributed by atoms with Crippen LogP contribution in [0.3, 0.4) is 0 Å². The van der Waals surface area contributed by atoms with E-state index in [0.29, 0.717) is 24.1 Å². The van der Waals surface area contributed by atoms with Crippen LogP contribution in [0.15, 0.2) is 29.0 Å². The summed E-state index contributed by atoms with van der Waals surface area (Å²) < 4.78 is 16.6. The highest BCUT2D eigenvalue weighted by Gasteiger charge is 2.26. The third-order valence-electron chi connectivity index (χ3n) is 5.71. The monoisotopic (exact) mass is 423 g/mol. The lowest BCUT2D eigenvalue weighted by Crippen LogP contribution is -2.33. The predicted octanol–water partition coefficient (Wildman–Crippen LogP) is 3.93. The Morgan fingerprint density at radius 3 is 2.58 bits per heavy atom. The quantitative estimate of drug-likeness (QED) is 0.565. The van der Waals surface area contributed by atoms with Crippen molar-refractivity contribution >= 4 is 0 Å². The molecule has 0 spiro atoms. The van der Waals surface area contributed by atoms with E-state index in [-0.39, 0.29) is 0 Å². The summed E-state index contributed by atoms with van der Waals surface area (Å²) in [5, 5.41) is 4.21. The SMILES string of the molecule is CCOc1cc(CN2CCC(c3noc(-c4cnc(C)cn4)n3)CC2)c(C)cc1OC. The molecule has 1 aliphatic heterocycles. The van der Waals surface area contributed by atoms with Gasteiger partial charge >= 0.3 is 0 Å². The van der Waals surface area contributed by atoms with Gasteiger partial charge in [0.2, 0.25) is 0 Å². The Morgan fingerprint density at radius 1 is 1.10 bits per heavy atom. The fourth-order valence-electron chi connectivity index (χ4n) is 3.90. The largest absolute Gasteiger partial charge is 0.493 e. The van der Waals surface area contributed by atoms with Crippen LogP contribution in [-0.2, 0) is 6.54 Å². The van der Waals surface area contributed by atoms with Gasteiger partial charge in [-0.25, -0.2) is 4.98 Å². The van der Waals surface area contributed by atoms with E-state index in [4.69, 9.17) is 14.0 Å². The predicted molar refractivity (Wildman–Crippen MR) is 116 cm³/mol. The lowest BCUT2D eigenvalue weighted by molar-refractivity contribution is 0.199. The van der Waals surface area contributed by atoms with Crippen LogP contribution in [0.1, 0.15) is 48.3 Å². The minimum atomic E-state index is 0.295. The summed E-state index contributed by atoms with van der Waals surface area (Å²) in [6, 6.07) is 4.17. The maximum absolute atomic E-state index is 5.75. The van der Waals surface area contributed by atoms with Crippen molar-refractivity contribution in [3.8, 4) is 23.1 Å². The minimum Gasteiger partial charge on any atom is -0.493 e. The Bertz CT molecular complexity index is 1010. The zero-order valence-corrected chi connectivity index (χ0v) is 18.6. The molecule has 0 radical (unpaired) electrons. The van der Waals surface area contributed by atoms with Crippen LogP contribution in [0.4, 0.5) is 0 Å². The van der Waals surface area contributed by atoms with Gasteiger partial charge in [0.05, 0.1) is 25.6 Å². The van der Waals surface area contributed by atoms with E-state index in [0.717, 1.165) is 55.5 Å². The maximum Gasteiger partial charge on any atom is 0.278 e. The maximum atomic E-state index is 5.75. The molecule has 8 heteroatoms. The Kier molecular flexibility index (Phi) is 6.46. The van der Waals surface area contributed by atoms with Crippen molar-refractivity contribution in [1.29, 1.82) is 0 Å². The highest BCUT2D eigenvalue weighted by molar-refractivity contribution is 5.47. The van der Waals surface area contributed by atoms with Crippen molar-refractivity contribution < 1.29 is 14.0 Å². The summed E-state index contributed by atoms with van der Waals surface area (Å²) in [6.45, 7) is 9.47. The minimum absolute atomic E-state index is 0.295. The second-order valence-electron chi connectivity index (χ2n) is 7.91. The van der Waals surface area contributed by atoms with Gasteiger partial charge in [0, 0.05) is 18.7 Å². The third-order valence-corrected chi connectivity index (χ3v) is 5.71. The van der Waals surface area contributed by atoms with E-state index in [1.54, 1.807) is 19.5 Å². The van der Waals surface area contributed by atoms with Crippen LogP contribution in [0.25, 0.3) is 11.6 Å². The Hall–Kier alpha value is -3.00.